The summed E-state index contributed by atoms with van der Waals surface area (Å²) in [6.45, 7) is 3.33. The molecule has 2 rings (SSSR count). The van der Waals surface area contributed by atoms with Gasteiger partial charge in [-0.25, -0.2) is 0 Å². The summed E-state index contributed by atoms with van der Waals surface area (Å²) in [5.74, 6) is 1.26. The lowest BCUT2D eigenvalue weighted by molar-refractivity contribution is 0.530. The number of benzene rings is 1. The van der Waals surface area contributed by atoms with Gasteiger partial charge in [-0.3, -0.25) is 0 Å². The van der Waals surface area contributed by atoms with Crippen molar-refractivity contribution in [3.05, 3.63) is 34.9 Å². The largest absolute Gasteiger partial charge is 0.310 e. The standard InChI is InChI=1S/C14H21NS/c1-11-4-6-13-12(10-11)5-7-14(13)15-8-3-9-16-2/h4,6,10,14-15H,3,5,7-9H2,1-2H3. The first-order chi connectivity index (χ1) is 7.81. The Morgan fingerprint density at radius 2 is 2.31 bits per heavy atom. The minimum Gasteiger partial charge on any atom is -0.310 e. The van der Waals surface area contributed by atoms with Crippen LogP contribution in [0.15, 0.2) is 18.2 Å². The number of thioether (sulfide) groups is 1. The first kappa shape index (κ1) is 12.0. The van der Waals surface area contributed by atoms with Gasteiger partial charge in [0.25, 0.3) is 0 Å². The predicted molar refractivity (Wildman–Crippen MR) is 73.2 cm³/mol. The second-order valence-electron chi connectivity index (χ2n) is 4.59. The normalized spacial score (nSPS) is 18.8. The number of aryl methyl sites for hydroxylation is 2. The van der Waals surface area contributed by atoms with Gasteiger partial charge in [-0.2, -0.15) is 11.8 Å². The first-order valence-electron chi connectivity index (χ1n) is 6.13. The molecule has 1 aliphatic carbocycles. The summed E-state index contributed by atoms with van der Waals surface area (Å²) in [6.07, 6.45) is 5.97. The summed E-state index contributed by atoms with van der Waals surface area (Å²) in [5, 5.41) is 3.68. The molecule has 2 heteroatoms. The van der Waals surface area contributed by atoms with Crippen molar-refractivity contribution in [3.8, 4) is 0 Å². The average molecular weight is 235 g/mol. The van der Waals surface area contributed by atoms with E-state index >= 15 is 0 Å². The maximum absolute atomic E-state index is 3.68. The van der Waals surface area contributed by atoms with Crippen molar-refractivity contribution in [1.29, 1.82) is 0 Å². The van der Waals surface area contributed by atoms with Crippen molar-refractivity contribution >= 4 is 11.8 Å². The highest BCUT2D eigenvalue weighted by atomic mass is 32.2. The van der Waals surface area contributed by atoms with Gasteiger partial charge in [-0.05, 0) is 55.9 Å². The Morgan fingerprint density at radius 1 is 1.44 bits per heavy atom. The zero-order valence-corrected chi connectivity index (χ0v) is 11.1. The molecular weight excluding hydrogens is 214 g/mol. The molecule has 0 amide bonds. The van der Waals surface area contributed by atoms with Crippen LogP contribution in [-0.4, -0.2) is 18.6 Å². The molecule has 0 heterocycles. The van der Waals surface area contributed by atoms with Crippen molar-refractivity contribution in [2.45, 2.75) is 32.2 Å². The maximum Gasteiger partial charge on any atom is 0.0326 e. The molecular formula is C14H21NS. The fourth-order valence-corrected chi connectivity index (χ4v) is 2.88. The van der Waals surface area contributed by atoms with Gasteiger partial charge in [0.05, 0.1) is 0 Å². The minimum atomic E-state index is 0.609. The summed E-state index contributed by atoms with van der Waals surface area (Å²) in [5.41, 5.74) is 4.49. The minimum absolute atomic E-state index is 0.609. The molecule has 88 valence electrons. The molecule has 1 aromatic rings. The maximum atomic E-state index is 3.68. The predicted octanol–water partition coefficient (Wildman–Crippen LogP) is 3.33. The van der Waals surface area contributed by atoms with Crippen molar-refractivity contribution in [2.75, 3.05) is 18.6 Å². The Kier molecular flexibility index (Phi) is 4.30. The quantitative estimate of drug-likeness (QED) is 0.786. The molecule has 0 spiro atoms. The van der Waals surface area contributed by atoms with Crippen LogP contribution in [0.4, 0.5) is 0 Å². The highest BCUT2D eigenvalue weighted by Crippen LogP contribution is 2.31. The van der Waals surface area contributed by atoms with E-state index in [-0.39, 0.29) is 0 Å². The molecule has 1 aliphatic rings. The number of nitrogens with one attached hydrogen (secondary N) is 1. The van der Waals surface area contributed by atoms with Gasteiger partial charge in [0.2, 0.25) is 0 Å². The fraction of sp³-hybridized carbons (Fsp3) is 0.571. The molecule has 0 radical (unpaired) electrons. The molecule has 1 N–H and O–H groups in total. The molecule has 16 heavy (non-hydrogen) atoms. The van der Waals surface area contributed by atoms with Gasteiger partial charge < -0.3 is 5.32 Å². The smallest absolute Gasteiger partial charge is 0.0326 e. The monoisotopic (exact) mass is 235 g/mol. The third-order valence-corrected chi connectivity index (χ3v) is 3.99. The molecule has 1 aromatic carbocycles. The Balaban J connectivity index is 1.91. The van der Waals surface area contributed by atoms with Gasteiger partial charge in [0.1, 0.15) is 0 Å². The van der Waals surface area contributed by atoms with Crippen LogP contribution >= 0.6 is 11.8 Å². The van der Waals surface area contributed by atoms with Gasteiger partial charge in [-0.1, -0.05) is 23.8 Å². The highest BCUT2D eigenvalue weighted by Gasteiger charge is 2.21. The lowest BCUT2D eigenvalue weighted by atomic mass is 10.1. The number of hydrogen-bond donors (Lipinski definition) is 1. The Hall–Kier alpha value is -0.470. The Bertz CT molecular complexity index is 349. The van der Waals surface area contributed by atoms with Gasteiger partial charge in [0.15, 0.2) is 0 Å². The summed E-state index contributed by atoms with van der Waals surface area (Å²) < 4.78 is 0. The molecule has 0 aromatic heterocycles. The van der Waals surface area contributed by atoms with E-state index < -0.39 is 0 Å². The van der Waals surface area contributed by atoms with Crippen molar-refractivity contribution in [1.82, 2.24) is 5.32 Å². The third-order valence-electron chi connectivity index (χ3n) is 3.29. The van der Waals surface area contributed by atoms with Crippen LogP contribution < -0.4 is 5.32 Å². The van der Waals surface area contributed by atoms with Crippen LogP contribution in [0.5, 0.6) is 0 Å². The summed E-state index contributed by atoms with van der Waals surface area (Å²) >= 11 is 1.93. The molecule has 0 saturated carbocycles. The van der Waals surface area contributed by atoms with Crippen LogP contribution in [0.3, 0.4) is 0 Å². The number of hydrogen-bond acceptors (Lipinski definition) is 2. The second kappa shape index (κ2) is 5.74. The molecule has 0 aliphatic heterocycles. The topological polar surface area (TPSA) is 12.0 Å². The Labute approximate surface area is 103 Å². The van der Waals surface area contributed by atoms with E-state index in [9.17, 15) is 0 Å². The third kappa shape index (κ3) is 2.80. The van der Waals surface area contributed by atoms with Crippen LogP contribution in [0, 0.1) is 6.92 Å². The van der Waals surface area contributed by atoms with Crippen molar-refractivity contribution in [2.24, 2.45) is 0 Å². The van der Waals surface area contributed by atoms with Crippen molar-refractivity contribution < 1.29 is 0 Å². The van der Waals surface area contributed by atoms with E-state index in [1.165, 1.54) is 36.1 Å². The molecule has 1 unspecified atom stereocenters. The van der Waals surface area contributed by atoms with E-state index in [2.05, 4.69) is 36.7 Å². The van der Waals surface area contributed by atoms with Gasteiger partial charge in [0, 0.05) is 6.04 Å². The van der Waals surface area contributed by atoms with Crippen LogP contribution in [-0.2, 0) is 6.42 Å². The zero-order valence-electron chi connectivity index (χ0n) is 10.3. The summed E-state index contributed by atoms with van der Waals surface area (Å²) in [6, 6.07) is 7.50. The van der Waals surface area contributed by atoms with E-state index in [1.54, 1.807) is 5.56 Å². The number of rotatable bonds is 5. The van der Waals surface area contributed by atoms with Crippen LogP contribution in [0.2, 0.25) is 0 Å². The van der Waals surface area contributed by atoms with Crippen LogP contribution in [0.1, 0.15) is 35.6 Å². The molecule has 1 nitrogen and oxygen atoms in total. The fourth-order valence-electron chi connectivity index (χ4n) is 2.45. The van der Waals surface area contributed by atoms with Crippen molar-refractivity contribution in [3.63, 3.8) is 0 Å². The summed E-state index contributed by atoms with van der Waals surface area (Å²) in [4.78, 5) is 0. The van der Waals surface area contributed by atoms with E-state index in [0.717, 1.165) is 6.54 Å². The molecule has 0 saturated heterocycles. The number of fused-ring (bicyclic) bond motifs is 1. The van der Waals surface area contributed by atoms with Gasteiger partial charge >= 0.3 is 0 Å². The van der Waals surface area contributed by atoms with E-state index in [0.29, 0.717) is 6.04 Å². The van der Waals surface area contributed by atoms with E-state index in [1.807, 2.05) is 11.8 Å². The zero-order chi connectivity index (χ0) is 11.4. The lowest BCUT2D eigenvalue weighted by Crippen LogP contribution is -2.20. The van der Waals surface area contributed by atoms with Crippen LogP contribution in [0.25, 0.3) is 0 Å². The summed E-state index contributed by atoms with van der Waals surface area (Å²) in [7, 11) is 0. The van der Waals surface area contributed by atoms with E-state index in [4.69, 9.17) is 0 Å². The molecule has 0 bridgehead atoms. The Morgan fingerprint density at radius 3 is 3.12 bits per heavy atom. The highest BCUT2D eigenvalue weighted by molar-refractivity contribution is 7.98. The average Bonchev–Trinajstić information content (AvgIpc) is 2.67. The lowest BCUT2D eigenvalue weighted by Gasteiger charge is -2.13. The van der Waals surface area contributed by atoms with Gasteiger partial charge in [-0.15, -0.1) is 0 Å². The second-order valence-corrected chi connectivity index (χ2v) is 5.58. The molecule has 1 atom stereocenters. The molecule has 0 fully saturated rings. The SMILES string of the molecule is CSCCCNC1CCc2cc(C)ccc21. The first-order valence-corrected chi connectivity index (χ1v) is 7.52.